The molecule has 0 aromatic heterocycles. The summed E-state index contributed by atoms with van der Waals surface area (Å²) in [6.45, 7) is 0. The van der Waals surface area contributed by atoms with Gasteiger partial charge in [0.25, 0.3) is 0 Å². The van der Waals surface area contributed by atoms with Crippen LogP contribution in [-0.2, 0) is 10.8 Å². The molecular formula is C54H34O. The number of hydrogen-bond donors (Lipinski definition) is 0. The van der Waals surface area contributed by atoms with Gasteiger partial charge in [-0.05, 0) is 84.1 Å². The van der Waals surface area contributed by atoms with E-state index >= 15 is 0 Å². The average Bonchev–Trinajstić information content (AvgIpc) is 3.73. The predicted octanol–water partition coefficient (Wildman–Crippen LogP) is 13.3. The molecule has 256 valence electrons. The summed E-state index contributed by atoms with van der Waals surface area (Å²) in [7, 11) is 0. The van der Waals surface area contributed by atoms with Crippen LogP contribution in [0.2, 0.25) is 0 Å². The first kappa shape index (κ1) is 30.5. The second-order valence-electron chi connectivity index (χ2n) is 15.1. The summed E-state index contributed by atoms with van der Waals surface area (Å²) >= 11 is 0. The van der Waals surface area contributed by atoms with Crippen LogP contribution in [-0.4, -0.2) is 0 Å². The van der Waals surface area contributed by atoms with E-state index < -0.39 is 10.8 Å². The van der Waals surface area contributed by atoms with Gasteiger partial charge in [-0.3, -0.25) is 0 Å². The van der Waals surface area contributed by atoms with Gasteiger partial charge in [0.2, 0.25) is 0 Å². The summed E-state index contributed by atoms with van der Waals surface area (Å²) in [6, 6.07) is 76.1. The van der Waals surface area contributed by atoms with Gasteiger partial charge in [0, 0.05) is 16.7 Å². The van der Waals surface area contributed by atoms with E-state index in [0.29, 0.717) is 0 Å². The summed E-state index contributed by atoms with van der Waals surface area (Å²) in [4.78, 5) is 0. The van der Waals surface area contributed by atoms with Gasteiger partial charge < -0.3 is 4.74 Å². The first-order chi connectivity index (χ1) is 27.3. The summed E-state index contributed by atoms with van der Waals surface area (Å²) in [6.07, 6.45) is 0. The van der Waals surface area contributed by atoms with Gasteiger partial charge in [0.05, 0.1) is 10.8 Å². The normalized spacial score (nSPS) is 14.6. The predicted molar refractivity (Wildman–Crippen MR) is 224 cm³/mol. The highest BCUT2D eigenvalue weighted by Crippen LogP contribution is 2.64. The molecule has 1 nitrogen and oxygen atoms in total. The number of fused-ring (bicyclic) bond motifs is 14. The lowest BCUT2D eigenvalue weighted by atomic mass is 9.65. The smallest absolute Gasteiger partial charge is 0.140 e. The van der Waals surface area contributed by atoms with Crippen molar-refractivity contribution in [3.63, 3.8) is 0 Å². The highest BCUT2D eigenvalue weighted by Gasteiger charge is 2.52. The van der Waals surface area contributed by atoms with Crippen LogP contribution in [0.1, 0.15) is 44.5 Å². The van der Waals surface area contributed by atoms with Crippen molar-refractivity contribution in [3.05, 3.63) is 251 Å². The molecule has 1 aliphatic heterocycles. The largest absolute Gasteiger partial charge is 0.456 e. The van der Waals surface area contributed by atoms with E-state index in [0.717, 1.165) is 22.6 Å². The molecule has 55 heavy (non-hydrogen) atoms. The van der Waals surface area contributed by atoms with E-state index in [4.69, 9.17) is 4.74 Å². The zero-order valence-electron chi connectivity index (χ0n) is 30.0. The minimum atomic E-state index is -0.545. The van der Waals surface area contributed by atoms with Crippen LogP contribution in [0, 0.1) is 0 Å². The lowest BCUT2D eigenvalue weighted by molar-refractivity contribution is 0.438. The van der Waals surface area contributed by atoms with E-state index in [1.54, 1.807) is 0 Å². The van der Waals surface area contributed by atoms with Gasteiger partial charge in [-0.2, -0.15) is 0 Å². The van der Waals surface area contributed by atoms with Crippen LogP contribution in [0.5, 0.6) is 11.5 Å². The van der Waals surface area contributed by atoms with Crippen molar-refractivity contribution in [2.45, 2.75) is 10.8 Å². The molecule has 9 aromatic rings. The van der Waals surface area contributed by atoms with Crippen LogP contribution in [0.25, 0.3) is 44.2 Å². The molecule has 1 heterocycles. The van der Waals surface area contributed by atoms with Gasteiger partial charge in [-0.1, -0.05) is 194 Å². The van der Waals surface area contributed by atoms with E-state index in [-0.39, 0.29) is 0 Å². The Morgan fingerprint density at radius 2 is 0.873 bits per heavy atom. The molecule has 0 unspecified atom stereocenters. The van der Waals surface area contributed by atoms with Gasteiger partial charge in [-0.25, -0.2) is 0 Å². The molecular weight excluding hydrogens is 665 g/mol. The van der Waals surface area contributed by atoms with Crippen LogP contribution in [0.15, 0.2) is 206 Å². The number of rotatable bonds is 3. The fourth-order valence-electron chi connectivity index (χ4n) is 10.5. The van der Waals surface area contributed by atoms with E-state index in [1.165, 1.54) is 77.5 Å². The number of hydrogen-bond acceptors (Lipinski definition) is 1. The van der Waals surface area contributed by atoms with E-state index in [9.17, 15) is 0 Å². The van der Waals surface area contributed by atoms with Gasteiger partial charge in [-0.15, -0.1) is 0 Å². The molecule has 0 radical (unpaired) electrons. The molecule has 0 amide bonds. The summed E-state index contributed by atoms with van der Waals surface area (Å²) in [5.41, 5.74) is 16.4. The van der Waals surface area contributed by atoms with Crippen LogP contribution >= 0.6 is 0 Å². The van der Waals surface area contributed by atoms with Crippen molar-refractivity contribution in [1.29, 1.82) is 0 Å². The maximum Gasteiger partial charge on any atom is 0.140 e. The van der Waals surface area contributed by atoms with Gasteiger partial charge >= 0.3 is 0 Å². The van der Waals surface area contributed by atoms with Crippen LogP contribution in [0.4, 0.5) is 0 Å². The average molecular weight is 699 g/mol. The zero-order chi connectivity index (χ0) is 36.1. The lowest BCUT2D eigenvalue weighted by Gasteiger charge is -2.40. The SMILES string of the molecule is c1ccc(C2(c3ccccc3)c3cc(-c4cccc5c4Oc4ccccc4C54c5ccccc5-c5ccccc54)ccc3-c3ccc4ccccc4c32)cc1. The molecule has 2 aliphatic carbocycles. The molecule has 0 saturated carbocycles. The third kappa shape index (κ3) is 3.87. The Bertz CT molecular complexity index is 2930. The molecule has 0 N–H and O–H groups in total. The Labute approximate surface area is 320 Å². The molecule has 1 heteroatoms. The monoisotopic (exact) mass is 698 g/mol. The standard InChI is InChI=1S/C54H34O/c1-3-17-37(18-4-1)53(38-19-5-2-6-20-38)49-34-36(31-32-43(49)44-33-30-35-16-7-8-21-39(35)51(44)53)40-24-15-28-48-52(40)55-50-29-14-13-27-47(50)54(48)45-25-11-9-22-41(45)42-23-10-12-26-46(42)54/h1-34H. The molecule has 0 atom stereocenters. The fraction of sp³-hybridized carbons (Fsp3) is 0.0370. The Morgan fingerprint density at radius 3 is 1.60 bits per heavy atom. The van der Waals surface area contributed by atoms with Crippen molar-refractivity contribution in [3.8, 4) is 44.9 Å². The summed E-state index contributed by atoms with van der Waals surface area (Å²) in [5, 5.41) is 2.53. The molecule has 1 spiro atoms. The fourth-order valence-corrected chi connectivity index (χ4v) is 10.5. The van der Waals surface area contributed by atoms with Crippen molar-refractivity contribution in [1.82, 2.24) is 0 Å². The summed E-state index contributed by atoms with van der Waals surface area (Å²) < 4.78 is 7.14. The zero-order valence-corrected chi connectivity index (χ0v) is 30.0. The minimum Gasteiger partial charge on any atom is -0.456 e. The van der Waals surface area contributed by atoms with E-state index in [1.807, 2.05) is 0 Å². The number of para-hydroxylation sites is 2. The van der Waals surface area contributed by atoms with Gasteiger partial charge in [0.1, 0.15) is 11.5 Å². The highest BCUT2D eigenvalue weighted by molar-refractivity contribution is 6.01. The molecule has 0 bridgehead atoms. The first-order valence-corrected chi connectivity index (χ1v) is 19.2. The lowest BCUT2D eigenvalue weighted by Crippen LogP contribution is -2.32. The quantitative estimate of drug-likeness (QED) is 0.178. The first-order valence-electron chi connectivity index (χ1n) is 19.2. The Kier molecular flexibility index (Phi) is 6.25. The number of ether oxygens (including phenoxy) is 1. The highest BCUT2D eigenvalue weighted by atomic mass is 16.5. The third-order valence-electron chi connectivity index (χ3n) is 12.6. The van der Waals surface area contributed by atoms with Crippen molar-refractivity contribution in [2.24, 2.45) is 0 Å². The second-order valence-corrected chi connectivity index (χ2v) is 15.1. The summed E-state index contributed by atoms with van der Waals surface area (Å²) in [5.74, 6) is 1.82. The van der Waals surface area contributed by atoms with Crippen LogP contribution in [0.3, 0.4) is 0 Å². The number of benzene rings is 9. The van der Waals surface area contributed by atoms with Crippen molar-refractivity contribution < 1.29 is 4.74 Å². The third-order valence-corrected chi connectivity index (χ3v) is 12.6. The van der Waals surface area contributed by atoms with Crippen molar-refractivity contribution >= 4 is 10.8 Å². The second kappa shape index (κ2) is 11.3. The van der Waals surface area contributed by atoms with Crippen LogP contribution < -0.4 is 4.74 Å². The topological polar surface area (TPSA) is 9.23 Å². The molecule has 12 rings (SSSR count). The van der Waals surface area contributed by atoms with Crippen molar-refractivity contribution in [2.75, 3.05) is 0 Å². The minimum absolute atomic E-state index is 0.517. The Hall–Kier alpha value is -6.96. The molecule has 0 fully saturated rings. The molecule has 0 saturated heterocycles. The van der Waals surface area contributed by atoms with E-state index in [2.05, 4.69) is 206 Å². The Balaban J connectivity index is 1.17. The maximum absolute atomic E-state index is 7.14. The molecule has 3 aliphatic rings. The molecule has 9 aromatic carbocycles. The maximum atomic E-state index is 7.14. The Morgan fingerprint density at radius 1 is 0.327 bits per heavy atom. The van der Waals surface area contributed by atoms with Gasteiger partial charge in [0.15, 0.2) is 0 Å².